The number of hydrogen-bond donors (Lipinski definition) is 1. The van der Waals surface area contributed by atoms with Gasteiger partial charge < -0.3 is 0 Å². The van der Waals surface area contributed by atoms with E-state index in [1.165, 1.54) is 24.3 Å². The second-order valence-corrected chi connectivity index (χ2v) is 3.94. The van der Waals surface area contributed by atoms with Gasteiger partial charge in [0.2, 0.25) is 5.95 Å². The zero-order chi connectivity index (χ0) is 13.1. The molecule has 1 heterocycles. The summed E-state index contributed by atoms with van der Waals surface area (Å²) in [5.41, 5.74) is 1.91. The molecule has 0 spiro atoms. The van der Waals surface area contributed by atoms with Gasteiger partial charge in [0.25, 0.3) is 5.91 Å². The SMILES string of the molecule is Cc1cc(C)nc(NC(=O)c2ccc(F)cc2)n1. The lowest BCUT2D eigenvalue weighted by molar-refractivity contribution is 0.102. The summed E-state index contributed by atoms with van der Waals surface area (Å²) < 4.78 is 12.7. The number of halogens is 1. The van der Waals surface area contributed by atoms with Crippen LogP contribution in [-0.4, -0.2) is 15.9 Å². The lowest BCUT2D eigenvalue weighted by Crippen LogP contribution is -2.14. The highest BCUT2D eigenvalue weighted by Gasteiger charge is 2.08. The Morgan fingerprint density at radius 1 is 1.11 bits per heavy atom. The van der Waals surface area contributed by atoms with Crippen molar-refractivity contribution in [3.05, 3.63) is 53.1 Å². The fourth-order valence-corrected chi connectivity index (χ4v) is 1.56. The van der Waals surface area contributed by atoms with E-state index in [2.05, 4.69) is 15.3 Å². The smallest absolute Gasteiger partial charge is 0.258 e. The number of carbonyl (C=O) groups excluding carboxylic acids is 1. The van der Waals surface area contributed by atoms with Crippen LogP contribution in [0, 0.1) is 19.7 Å². The standard InChI is InChI=1S/C13H12FN3O/c1-8-7-9(2)16-13(15-8)17-12(18)10-3-5-11(14)6-4-10/h3-7H,1-2H3,(H,15,16,17,18). The summed E-state index contributed by atoms with van der Waals surface area (Å²) in [5, 5.41) is 2.58. The van der Waals surface area contributed by atoms with Crippen LogP contribution >= 0.6 is 0 Å². The number of carbonyl (C=O) groups is 1. The molecule has 0 saturated heterocycles. The Kier molecular flexibility index (Phi) is 3.32. The molecule has 1 N–H and O–H groups in total. The third kappa shape index (κ3) is 2.88. The summed E-state index contributed by atoms with van der Waals surface area (Å²) in [7, 11) is 0. The largest absolute Gasteiger partial charge is 0.290 e. The Labute approximate surface area is 104 Å². The molecule has 4 nitrogen and oxygen atoms in total. The molecule has 92 valence electrons. The Morgan fingerprint density at radius 3 is 2.22 bits per heavy atom. The van der Waals surface area contributed by atoms with Crippen LogP contribution in [0.25, 0.3) is 0 Å². The zero-order valence-electron chi connectivity index (χ0n) is 10.1. The predicted molar refractivity (Wildman–Crippen MR) is 65.9 cm³/mol. The van der Waals surface area contributed by atoms with Gasteiger partial charge in [-0.05, 0) is 44.2 Å². The molecule has 2 rings (SSSR count). The number of aromatic nitrogens is 2. The molecule has 0 bridgehead atoms. The van der Waals surface area contributed by atoms with E-state index in [1.807, 2.05) is 19.9 Å². The van der Waals surface area contributed by atoms with Gasteiger partial charge in [0.15, 0.2) is 0 Å². The monoisotopic (exact) mass is 245 g/mol. The molecular formula is C13H12FN3O. The summed E-state index contributed by atoms with van der Waals surface area (Å²) in [5.74, 6) is -0.490. The fourth-order valence-electron chi connectivity index (χ4n) is 1.56. The second-order valence-electron chi connectivity index (χ2n) is 3.94. The minimum Gasteiger partial charge on any atom is -0.290 e. The molecule has 5 heteroatoms. The third-order valence-electron chi connectivity index (χ3n) is 2.31. The van der Waals surface area contributed by atoms with Gasteiger partial charge in [0.05, 0.1) is 0 Å². The van der Waals surface area contributed by atoms with Gasteiger partial charge in [-0.15, -0.1) is 0 Å². The number of nitrogens with zero attached hydrogens (tertiary/aromatic N) is 2. The van der Waals surface area contributed by atoms with Crippen LogP contribution in [0.15, 0.2) is 30.3 Å². The summed E-state index contributed by atoms with van der Waals surface area (Å²) in [4.78, 5) is 20.0. The molecular weight excluding hydrogens is 233 g/mol. The number of anilines is 1. The van der Waals surface area contributed by atoms with Crippen molar-refractivity contribution in [2.24, 2.45) is 0 Å². The maximum Gasteiger partial charge on any atom is 0.258 e. The van der Waals surface area contributed by atoms with Crippen molar-refractivity contribution in [2.75, 3.05) is 5.32 Å². The molecule has 0 saturated carbocycles. The lowest BCUT2D eigenvalue weighted by atomic mass is 10.2. The van der Waals surface area contributed by atoms with Crippen LogP contribution in [0.5, 0.6) is 0 Å². The van der Waals surface area contributed by atoms with Gasteiger partial charge in [-0.3, -0.25) is 10.1 Å². The maximum atomic E-state index is 12.7. The minimum atomic E-state index is -0.380. The number of amides is 1. The molecule has 2 aromatic rings. The van der Waals surface area contributed by atoms with Gasteiger partial charge in [-0.25, -0.2) is 14.4 Å². The van der Waals surface area contributed by atoms with Crippen molar-refractivity contribution in [3.8, 4) is 0 Å². The Morgan fingerprint density at radius 2 is 1.67 bits per heavy atom. The van der Waals surface area contributed by atoms with E-state index in [0.29, 0.717) is 5.56 Å². The number of rotatable bonds is 2. The van der Waals surface area contributed by atoms with Crippen LogP contribution in [0.3, 0.4) is 0 Å². The number of hydrogen-bond acceptors (Lipinski definition) is 3. The highest BCUT2D eigenvalue weighted by atomic mass is 19.1. The number of aryl methyl sites for hydroxylation is 2. The van der Waals surface area contributed by atoms with Crippen LogP contribution in [-0.2, 0) is 0 Å². The van der Waals surface area contributed by atoms with Crippen molar-refractivity contribution < 1.29 is 9.18 Å². The molecule has 0 atom stereocenters. The molecule has 0 aliphatic rings. The van der Waals surface area contributed by atoms with Crippen molar-refractivity contribution in [1.29, 1.82) is 0 Å². The molecule has 0 fully saturated rings. The van der Waals surface area contributed by atoms with Gasteiger partial charge >= 0.3 is 0 Å². The highest BCUT2D eigenvalue weighted by Crippen LogP contribution is 2.07. The van der Waals surface area contributed by atoms with E-state index in [0.717, 1.165) is 11.4 Å². The summed E-state index contributed by atoms with van der Waals surface area (Å²) in [6, 6.07) is 7.10. The predicted octanol–water partition coefficient (Wildman–Crippen LogP) is 2.48. The average molecular weight is 245 g/mol. The van der Waals surface area contributed by atoms with E-state index < -0.39 is 0 Å². The average Bonchev–Trinajstić information content (AvgIpc) is 2.28. The van der Waals surface area contributed by atoms with E-state index in [9.17, 15) is 9.18 Å². The summed E-state index contributed by atoms with van der Waals surface area (Å²) >= 11 is 0. The molecule has 0 aliphatic carbocycles. The van der Waals surface area contributed by atoms with Gasteiger partial charge in [0.1, 0.15) is 5.82 Å². The summed E-state index contributed by atoms with van der Waals surface area (Å²) in [6.07, 6.45) is 0. The molecule has 0 radical (unpaired) electrons. The Bertz CT molecular complexity index is 561. The van der Waals surface area contributed by atoms with Gasteiger partial charge in [0, 0.05) is 17.0 Å². The van der Waals surface area contributed by atoms with E-state index in [1.54, 1.807) is 0 Å². The first-order valence-electron chi connectivity index (χ1n) is 5.44. The molecule has 0 unspecified atom stereocenters. The first kappa shape index (κ1) is 12.2. The number of benzene rings is 1. The second kappa shape index (κ2) is 4.91. The van der Waals surface area contributed by atoms with Crippen molar-refractivity contribution in [2.45, 2.75) is 13.8 Å². The normalized spacial score (nSPS) is 10.2. The van der Waals surface area contributed by atoms with Gasteiger partial charge in [-0.2, -0.15) is 0 Å². The minimum absolute atomic E-state index is 0.252. The van der Waals surface area contributed by atoms with E-state index in [4.69, 9.17) is 0 Å². The van der Waals surface area contributed by atoms with E-state index >= 15 is 0 Å². The van der Waals surface area contributed by atoms with Crippen LogP contribution in [0.4, 0.5) is 10.3 Å². The molecule has 0 aliphatic heterocycles. The molecule has 1 aromatic carbocycles. The Balaban J connectivity index is 2.18. The summed E-state index contributed by atoms with van der Waals surface area (Å²) in [6.45, 7) is 3.64. The number of nitrogens with one attached hydrogen (secondary N) is 1. The molecule has 1 amide bonds. The fraction of sp³-hybridized carbons (Fsp3) is 0.154. The van der Waals surface area contributed by atoms with Crippen molar-refractivity contribution >= 4 is 11.9 Å². The quantitative estimate of drug-likeness (QED) is 0.884. The highest BCUT2D eigenvalue weighted by molar-refractivity contribution is 6.03. The third-order valence-corrected chi connectivity index (χ3v) is 2.31. The van der Waals surface area contributed by atoms with Crippen molar-refractivity contribution in [3.63, 3.8) is 0 Å². The first-order valence-corrected chi connectivity index (χ1v) is 5.44. The van der Waals surface area contributed by atoms with Gasteiger partial charge in [-0.1, -0.05) is 0 Å². The topological polar surface area (TPSA) is 54.9 Å². The Hall–Kier alpha value is -2.30. The van der Waals surface area contributed by atoms with Crippen LogP contribution in [0.2, 0.25) is 0 Å². The first-order chi connectivity index (χ1) is 8.54. The van der Waals surface area contributed by atoms with E-state index in [-0.39, 0.29) is 17.7 Å². The molecule has 18 heavy (non-hydrogen) atoms. The van der Waals surface area contributed by atoms with Crippen molar-refractivity contribution in [1.82, 2.24) is 9.97 Å². The molecule has 1 aromatic heterocycles. The van der Waals surface area contributed by atoms with Crippen LogP contribution in [0.1, 0.15) is 21.7 Å². The van der Waals surface area contributed by atoms with Crippen LogP contribution < -0.4 is 5.32 Å². The maximum absolute atomic E-state index is 12.7. The zero-order valence-corrected chi connectivity index (χ0v) is 10.1. The lowest BCUT2D eigenvalue weighted by Gasteiger charge is -2.05.